The summed E-state index contributed by atoms with van der Waals surface area (Å²) >= 11 is 0. The van der Waals surface area contributed by atoms with Crippen LogP contribution in [0.2, 0.25) is 0 Å². The molecule has 2 aliphatic heterocycles. The number of nitrogens with zero attached hydrogens (tertiary/aromatic N) is 4. The van der Waals surface area contributed by atoms with Crippen LogP contribution in [0.15, 0.2) is 77.4 Å². The molecule has 0 aliphatic carbocycles. The first-order chi connectivity index (χ1) is 12.2. The normalized spacial score (nSPS) is 16.1. The van der Waals surface area contributed by atoms with Crippen molar-refractivity contribution in [1.82, 2.24) is 10.5 Å². The Bertz CT molecular complexity index is 1070. The third kappa shape index (κ3) is 2.01. The Morgan fingerprint density at radius 1 is 1.00 bits per heavy atom. The van der Waals surface area contributed by atoms with E-state index in [1.165, 1.54) is 0 Å². The molecule has 0 fully saturated rings. The smallest absolute Gasteiger partial charge is 0.0912 e. The molecule has 0 unspecified atom stereocenters. The van der Waals surface area contributed by atoms with Crippen LogP contribution in [0.4, 0.5) is 17.1 Å². The van der Waals surface area contributed by atoms with Crippen molar-refractivity contribution >= 4 is 33.7 Å². The Balaban J connectivity index is 1.63. The summed E-state index contributed by atoms with van der Waals surface area (Å²) in [5, 5.41) is 17.3. The van der Waals surface area contributed by atoms with Gasteiger partial charge in [0, 0.05) is 17.5 Å². The number of rotatable bonds is 1. The standard InChI is InChI=1S/C19H15N5O/c1-12-18-19(25)23(14-8-9-15-13(11-14)5-4-10-20-15)22-24(18)17-7-3-2-6-16(17)21-12/h2-11,22,25H,1H3/p-1. The molecular weight excluding hydrogens is 314 g/mol. The molecule has 0 radical (unpaired) electrons. The molecule has 0 spiro atoms. The average Bonchev–Trinajstić information content (AvgIpc) is 3.00. The van der Waals surface area contributed by atoms with Gasteiger partial charge in [-0.15, -0.1) is 5.53 Å². The van der Waals surface area contributed by atoms with Crippen molar-refractivity contribution in [3.8, 4) is 0 Å². The first kappa shape index (κ1) is 14.0. The molecule has 0 bridgehead atoms. The van der Waals surface area contributed by atoms with Crippen LogP contribution in [0.25, 0.3) is 10.9 Å². The number of pyridine rings is 1. The number of hydrogen-bond acceptors (Lipinski definition) is 6. The highest BCUT2D eigenvalue weighted by Crippen LogP contribution is 2.39. The van der Waals surface area contributed by atoms with Crippen LogP contribution in [0.1, 0.15) is 6.92 Å². The minimum Gasteiger partial charge on any atom is -0.857 e. The van der Waals surface area contributed by atoms with Gasteiger partial charge in [0.25, 0.3) is 0 Å². The summed E-state index contributed by atoms with van der Waals surface area (Å²) in [6, 6.07) is 17.4. The molecule has 0 atom stereocenters. The summed E-state index contributed by atoms with van der Waals surface area (Å²) in [5.41, 5.74) is 7.79. The van der Waals surface area contributed by atoms with Crippen molar-refractivity contribution in [3.63, 3.8) is 0 Å². The maximum Gasteiger partial charge on any atom is 0.0912 e. The lowest BCUT2D eigenvalue weighted by Crippen LogP contribution is -2.44. The minimum absolute atomic E-state index is 0.126. The van der Waals surface area contributed by atoms with E-state index in [-0.39, 0.29) is 5.88 Å². The molecule has 1 aromatic heterocycles. The van der Waals surface area contributed by atoms with Crippen LogP contribution in [-0.2, 0) is 0 Å². The number of aromatic nitrogens is 1. The van der Waals surface area contributed by atoms with Crippen LogP contribution in [-0.4, -0.2) is 10.7 Å². The number of hydrogen-bond donors (Lipinski definition) is 1. The topological polar surface area (TPSA) is 66.8 Å². The van der Waals surface area contributed by atoms with E-state index in [9.17, 15) is 5.11 Å². The third-order valence-electron chi connectivity index (χ3n) is 4.43. The molecule has 2 aliphatic rings. The van der Waals surface area contributed by atoms with E-state index in [1.807, 2.05) is 61.5 Å². The number of aliphatic imine (C=N–C) groups is 1. The highest BCUT2D eigenvalue weighted by Gasteiger charge is 2.31. The Hall–Kier alpha value is -3.38. The zero-order valence-electron chi connectivity index (χ0n) is 13.5. The molecule has 6 heteroatoms. The lowest BCUT2D eigenvalue weighted by molar-refractivity contribution is -0.305. The zero-order chi connectivity index (χ0) is 17.0. The Morgan fingerprint density at radius 3 is 2.80 bits per heavy atom. The van der Waals surface area contributed by atoms with Crippen molar-refractivity contribution < 1.29 is 5.11 Å². The van der Waals surface area contributed by atoms with Crippen LogP contribution in [0, 0.1) is 0 Å². The number of fused-ring (bicyclic) bond motifs is 4. The maximum atomic E-state index is 13.0. The number of nitrogens with one attached hydrogen (secondary N) is 1. The SMILES string of the molecule is CC1=Nc2ccccc2N2NN(c3ccc4ncccc4c3)C([O-])=C12. The van der Waals surface area contributed by atoms with Gasteiger partial charge in [0.1, 0.15) is 0 Å². The summed E-state index contributed by atoms with van der Waals surface area (Å²) in [4.78, 5) is 8.88. The molecule has 3 heterocycles. The van der Waals surface area contributed by atoms with Gasteiger partial charge >= 0.3 is 0 Å². The maximum absolute atomic E-state index is 13.0. The lowest BCUT2D eigenvalue weighted by Gasteiger charge is -2.29. The molecule has 3 aromatic rings. The monoisotopic (exact) mass is 328 g/mol. The van der Waals surface area contributed by atoms with Gasteiger partial charge < -0.3 is 5.11 Å². The van der Waals surface area contributed by atoms with E-state index in [4.69, 9.17) is 0 Å². The van der Waals surface area contributed by atoms with Gasteiger partial charge in [0.05, 0.1) is 34.0 Å². The van der Waals surface area contributed by atoms with E-state index in [0.29, 0.717) is 11.4 Å². The van der Waals surface area contributed by atoms with E-state index in [0.717, 1.165) is 28.0 Å². The first-order valence-electron chi connectivity index (χ1n) is 8.00. The number of hydrazine groups is 2. The summed E-state index contributed by atoms with van der Waals surface area (Å²) in [5.74, 6) is -0.126. The van der Waals surface area contributed by atoms with Gasteiger partial charge in [-0.2, -0.15) is 0 Å². The Labute approximate surface area is 144 Å². The van der Waals surface area contributed by atoms with Crippen molar-refractivity contribution in [2.75, 3.05) is 10.0 Å². The van der Waals surface area contributed by atoms with E-state index in [1.54, 1.807) is 16.2 Å². The predicted molar refractivity (Wildman–Crippen MR) is 96.1 cm³/mol. The van der Waals surface area contributed by atoms with Crippen LogP contribution < -0.4 is 20.7 Å². The minimum atomic E-state index is -0.126. The molecule has 0 saturated carbocycles. The largest absolute Gasteiger partial charge is 0.857 e. The number of allylic oxidation sites excluding steroid dienone is 1. The fourth-order valence-corrected chi connectivity index (χ4v) is 3.25. The summed E-state index contributed by atoms with van der Waals surface area (Å²) in [6.07, 6.45) is 1.76. The van der Waals surface area contributed by atoms with Crippen molar-refractivity contribution in [2.45, 2.75) is 6.92 Å². The van der Waals surface area contributed by atoms with E-state index < -0.39 is 0 Å². The number of anilines is 2. The van der Waals surface area contributed by atoms with Crippen molar-refractivity contribution in [3.05, 3.63) is 72.4 Å². The average molecular weight is 328 g/mol. The van der Waals surface area contributed by atoms with Crippen LogP contribution in [0.5, 0.6) is 0 Å². The fraction of sp³-hybridized carbons (Fsp3) is 0.0526. The summed E-state index contributed by atoms with van der Waals surface area (Å²) in [7, 11) is 0. The first-order valence-corrected chi connectivity index (χ1v) is 8.00. The summed E-state index contributed by atoms with van der Waals surface area (Å²) < 4.78 is 0. The molecule has 6 nitrogen and oxygen atoms in total. The van der Waals surface area contributed by atoms with E-state index in [2.05, 4.69) is 15.5 Å². The molecule has 1 N–H and O–H groups in total. The van der Waals surface area contributed by atoms with Crippen molar-refractivity contribution in [1.29, 1.82) is 0 Å². The highest BCUT2D eigenvalue weighted by molar-refractivity contribution is 6.08. The highest BCUT2D eigenvalue weighted by atomic mass is 16.3. The second kappa shape index (κ2) is 5.06. The summed E-state index contributed by atoms with van der Waals surface area (Å²) in [6.45, 7) is 1.85. The predicted octanol–water partition coefficient (Wildman–Crippen LogP) is 2.62. The van der Waals surface area contributed by atoms with Crippen LogP contribution in [0.3, 0.4) is 0 Å². The lowest BCUT2D eigenvalue weighted by atomic mass is 10.1. The number of benzene rings is 2. The fourth-order valence-electron chi connectivity index (χ4n) is 3.25. The van der Waals surface area contributed by atoms with Crippen molar-refractivity contribution in [2.24, 2.45) is 4.99 Å². The van der Waals surface area contributed by atoms with E-state index >= 15 is 0 Å². The second-order valence-corrected chi connectivity index (χ2v) is 5.99. The van der Waals surface area contributed by atoms with Gasteiger partial charge in [-0.1, -0.05) is 18.2 Å². The molecule has 25 heavy (non-hydrogen) atoms. The van der Waals surface area contributed by atoms with Gasteiger partial charge in [-0.3, -0.25) is 15.0 Å². The Morgan fingerprint density at radius 2 is 1.88 bits per heavy atom. The molecule has 5 rings (SSSR count). The zero-order valence-corrected chi connectivity index (χ0v) is 13.5. The molecule has 122 valence electrons. The van der Waals surface area contributed by atoms with Gasteiger partial charge in [-0.05, 0) is 43.3 Å². The quantitative estimate of drug-likeness (QED) is 0.744. The van der Waals surface area contributed by atoms with Crippen LogP contribution >= 0.6 is 0 Å². The molecular formula is C19H14N5O-. The second-order valence-electron chi connectivity index (χ2n) is 5.99. The number of para-hydroxylation sites is 2. The molecule has 2 aromatic carbocycles. The molecule has 0 amide bonds. The van der Waals surface area contributed by atoms with Gasteiger partial charge in [0.15, 0.2) is 0 Å². The third-order valence-corrected chi connectivity index (χ3v) is 4.43. The Kier molecular flexibility index (Phi) is 2.83. The van der Waals surface area contributed by atoms with Gasteiger partial charge in [-0.25, -0.2) is 4.99 Å². The van der Waals surface area contributed by atoms with Gasteiger partial charge in [0.2, 0.25) is 0 Å². The molecule has 0 saturated heterocycles.